The third kappa shape index (κ3) is 3.09. The van der Waals surface area contributed by atoms with Gasteiger partial charge < -0.3 is 20.1 Å². The smallest absolute Gasteiger partial charge is 0.346 e. The minimum Gasteiger partial charge on any atom is -0.386 e. The molecule has 9 heteroatoms. The van der Waals surface area contributed by atoms with Gasteiger partial charge in [-0.1, -0.05) is 6.07 Å². The van der Waals surface area contributed by atoms with Crippen molar-refractivity contribution >= 4 is 35.6 Å². The number of benzene rings is 2. The molecule has 0 saturated carbocycles. The maximum atomic E-state index is 12.0. The summed E-state index contributed by atoms with van der Waals surface area (Å²) >= 11 is 0. The Hall–Kier alpha value is -4.01. The van der Waals surface area contributed by atoms with Gasteiger partial charge in [0.25, 0.3) is 0 Å². The number of carbonyl (C=O) groups excluding carboxylic acids is 5. The number of carbonyl (C=O) groups is 5. The molecule has 0 saturated heterocycles. The van der Waals surface area contributed by atoms with Crippen LogP contribution in [0.25, 0.3) is 0 Å². The summed E-state index contributed by atoms with van der Waals surface area (Å²) in [5.41, 5.74) is 1.79. The first kappa shape index (κ1) is 17.4. The van der Waals surface area contributed by atoms with E-state index in [9.17, 15) is 24.0 Å². The first-order valence-electron chi connectivity index (χ1n) is 8.27. The molecule has 2 aromatic carbocycles. The van der Waals surface area contributed by atoms with Gasteiger partial charge in [-0.25, -0.2) is 24.0 Å². The fourth-order valence-corrected chi connectivity index (χ4v) is 2.95. The van der Waals surface area contributed by atoms with Gasteiger partial charge in [-0.15, -0.1) is 0 Å². The number of ether oxygens (including phenoxy) is 2. The molecule has 0 spiro atoms. The van der Waals surface area contributed by atoms with Crippen molar-refractivity contribution in [2.24, 2.45) is 0 Å². The molecule has 0 fully saturated rings. The van der Waals surface area contributed by atoms with Gasteiger partial charge in [-0.2, -0.15) is 0 Å². The molecule has 0 unspecified atom stereocenters. The molecule has 0 aliphatic carbocycles. The van der Waals surface area contributed by atoms with Crippen molar-refractivity contribution in [2.75, 3.05) is 11.9 Å². The van der Waals surface area contributed by atoms with E-state index < -0.39 is 29.9 Å². The molecule has 2 aromatic rings. The predicted octanol–water partition coefficient (Wildman–Crippen LogP) is 1.67. The Bertz CT molecular complexity index is 1070. The lowest BCUT2D eigenvalue weighted by Gasteiger charge is -2.08. The summed E-state index contributed by atoms with van der Waals surface area (Å²) in [4.78, 5) is 57.9. The molecule has 4 rings (SSSR count). The second kappa shape index (κ2) is 6.62. The van der Waals surface area contributed by atoms with Crippen molar-refractivity contribution in [2.45, 2.75) is 6.42 Å². The Balaban J connectivity index is 1.34. The molecule has 140 valence electrons. The van der Waals surface area contributed by atoms with Crippen LogP contribution in [0, 0.1) is 0 Å². The van der Waals surface area contributed by atoms with Gasteiger partial charge in [-0.05, 0) is 42.3 Å². The molecule has 2 heterocycles. The maximum absolute atomic E-state index is 12.0. The van der Waals surface area contributed by atoms with Crippen molar-refractivity contribution in [3.8, 4) is 0 Å². The van der Waals surface area contributed by atoms with Crippen LogP contribution >= 0.6 is 0 Å². The summed E-state index contributed by atoms with van der Waals surface area (Å²) in [7, 11) is 0. The highest BCUT2D eigenvalue weighted by Gasteiger charge is 2.30. The van der Waals surface area contributed by atoms with Crippen molar-refractivity contribution in [3.63, 3.8) is 0 Å². The first-order chi connectivity index (χ1) is 13.4. The summed E-state index contributed by atoms with van der Waals surface area (Å²) in [6.45, 7) is 0.263. The largest absolute Gasteiger partial charge is 0.386 e. The number of anilines is 1. The number of cyclic esters (lactones) is 4. The van der Waals surface area contributed by atoms with E-state index in [1.54, 1.807) is 12.1 Å². The molecule has 28 heavy (non-hydrogen) atoms. The van der Waals surface area contributed by atoms with E-state index in [0.717, 1.165) is 5.56 Å². The molecule has 0 aromatic heterocycles. The number of hydrogen-bond acceptors (Lipinski definition) is 7. The Labute approximate surface area is 157 Å². The monoisotopic (exact) mass is 380 g/mol. The standard InChI is InChI=1S/C19H12N2O7/c22-15-11-3-1-9(7-13(11)17(24)27-15)5-6-20-19(26)21-10-2-4-12-14(8-10)18(25)28-16(12)23/h1-4,7-8H,5-6H2,(H2,20,21,26). The highest BCUT2D eigenvalue weighted by molar-refractivity contribution is 6.15. The number of rotatable bonds is 4. The number of nitrogens with one attached hydrogen (secondary N) is 2. The van der Waals surface area contributed by atoms with Gasteiger partial charge in [0.15, 0.2) is 0 Å². The van der Waals surface area contributed by atoms with Crippen LogP contribution in [0.2, 0.25) is 0 Å². The highest BCUT2D eigenvalue weighted by atomic mass is 16.6. The van der Waals surface area contributed by atoms with Crippen LogP contribution in [0.4, 0.5) is 10.5 Å². The number of esters is 4. The molecular weight excluding hydrogens is 368 g/mol. The lowest BCUT2D eigenvalue weighted by atomic mass is 10.0. The third-order valence-electron chi connectivity index (χ3n) is 4.31. The van der Waals surface area contributed by atoms with Gasteiger partial charge in [0, 0.05) is 12.2 Å². The van der Waals surface area contributed by atoms with Crippen LogP contribution < -0.4 is 10.6 Å². The minimum absolute atomic E-state index is 0.0994. The van der Waals surface area contributed by atoms with Crippen molar-refractivity contribution in [1.82, 2.24) is 5.32 Å². The highest BCUT2D eigenvalue weighted by Crippen LogP contribution is 2.23. The number of hydrogen-bond donors (Lipinski definition) is 2. The Morgan fingerprint density at radius 2 is 1.32 bits per heavy atom. The SMILES string of the molecule is O=C(NCCc1ccc2c(c1)C(=O)OC2=O)Nc1ccc2c(c1)C(=O)OC2=O. The van der Waals surface area contributed by atoms with Crippen molar-refractivity contribution < 1.29 is 33.4 Å². The van der Waals surface area contributed by atoms with Crippen molar-refractivity contribution in [3.05, 3.63) is 64.2 Å². The zero-order valence-corrected chi connectivity index (χ0v) is 14.2. The van der Waals surface area contributed by atoms with Crippen molar-refractivity contribution in [1.29, 1.82) is 0 Å². The van der Waals surface area contributed by atoms with Gasteiger partial charge >= 0.3 is 29.9 Å². The molecule has 2 amide bonds. The van der Waals surface area contributed by atoms with E-state index in [1.807, 2.05) is 0 Å². The summed E-state index contributed by atoms with van der Waals surface area (Å²) < 4.78 is 9.02. The average molecular weight is 380 g/mol. The molecule has 0 radical (unpaired) electrons. The quantitative estimate of drug-likeness (QED) is 0.610. The van der Waals surface area contributed by atoms with Crippen LogP contribution in [0.3, 0.4) is 0 Å². The number of fused-ring (bicyclic) bond motifs is 2. The lowest BCUT2D eigenvalue weighted by Crippen LogP contribution is -2.30. The van der Waals surface area contributed by atoms with E-state index in [-0.39, 0.29) is 28.8 Å². The Morgan fingerprint density at radius 3 is 2.00 bits per heavy atom. The second-order valence-electron chi connectivity index (χ2n) is 6.13. The normalized spacial score (nSPS) is 14.3. The summed E-state index contributed by atoms with van der Waals surface area (Å²) in [6, 6.07) is 8.51. The topological polar surface area (TPSA) is 128 Å². The third-order valence-corrected chi connectivity index (χ3v) is 4.31. The first-order valence-corrected chi connectivity index (χ1v) is 8.27. The zero-order chi connectivity index (χ0) is 19.8. The van der Waals surface area contributed by atoms with E-state index in [4.69, 9.17) is 0 Å². The molecule has 9 nitrogen and oxygen atoms in total. The van der Waals surface area contributed by atoms with Gasteiger partial charge in [0.2, 0.25) is 0 Å². The van der Waals surface area contributed by atoms with E-state index in [1.165, 1.54) is 24.3 Å². The van der Waals surface area contributed by atoms with Crippen LogP contribution in [-0.4, -0.2) is 36.5 Å². The summed E-state index contributed by atoms with van der Waals surface area (Å²) in [6.07, 6.45) is 0.424. The number of amides is 2. The maximum Gasteiger partial charge on any atom is 0.346 e. The summed E-state index contributed by atoms with van der Waals surface area (Å²) in [5.74, 6) is -2.81. The van der Waals surface area contributed by atoms with E-state index in [2.05, 4.69) is 20.1 Å². The molecule has 2 aliphatic rings. The van der Waals surface area contributed by atoms with Crippen LogP contribution in [0.15, 0.2) is 36.4 Å². The van der Waals surface area contributed by atoms with Crippen LogP contribution in [-0.2, 0) is 15.9 Å². The van der Waals surface area contributed by atoms with Crippen LogP contribution in [0.1, 0.15) is 47.0 Å². The lowest BCUT2D eigenvalue weighted by molar-refractivity contribution is 0.0425. The van der Waals surface area contributed by atoms with E-state index in [0.29, 0.717) is 12.1 Å². The Morgan fingerprint density at radius 1 is 0.750 bits per heavy atom. The number of urea groups is 1. The van der Waals surface area contributed by atoms with Gasteiger partial charge in [0.1, 0.15) is 0 Å². The average Bonchev–Trinajstić information content (AvgIpc) is 3.10. The molecule has 0 atom stereocenters. The molecule has 2 N–H and O–H groups in total. The van der Waals surface area contributed by atoms with E-state index >= 15 is 0 Å². The predicted molar refractivity (Wildman–Crippen MR) is 93.1 cm³/mol. The molecule has 0 bridgehead atoms. The molecule has 2 aliphatic heterocycles. The fourth-order valence-electron chi connectivity index (χ4n) is 2.95. The van der Waals surface area contributed by atoms with Gasteiger partial charge in [0.05, 0.1) is 22.3 Å². The summed E-state index contributed by atoms with van der Waals surface area (Å²) in [5, 5.41) is 5.20. The second-order valence-corrected chi connectivity index (χ2v) is 6.13. The fraction of sp³-hybridized carbons (Fsp3) is 0.105. The zero-order valence-electron chi connectivity index (χ0n) is 14.2. The van der Waals surface area contributed by atoms with Gasteiger partial charge in [-0.3, -0.25) is 0 Å². The van der Waals surface area contributed by atoms with Crippen LogP contribution in [0.5, 0.6) is 0 Å². The minimum atomic E-state index is -0.752. The Kier molecular flexibility index (Phi) is 4.11. The molecular formula is C19H12N2O7.